The smallest absolute Gasteiger partial charge is 0.445 e. The van der Waals surface area contributed by atoms with Gasteiger partial charge in [0, 0.05) is 69.8 Å². The number of hydrogen-bond acceptors (Lipinski definition) is 9. The fraction of sp³-hybridized carbons (Fsp3) is 0.378. The lowest BCUT2D eigenvalue weighted by Gasteiger charge is -2.34. The molecule has 318 valence electrons. The maximum absolute atomic E-state index is 13.7. The fourth-order valence-electron chi connectivity index (χ4n) is 8.23. The third kappa shape index (κ3) is 8.70. The van der Waals surface area contributed by atoms with Gasteiger partial charge in [0.1, 0.15) is 18.1 Å². The van der Waals surface area contributed by atoms with Gasteiger partial charge in [0.15, 0.2) is 11.5 Å². The van der Waals surface area contributed by atoms with E-state index in [-0.39, 0.29) is 59.9 Å². The highest BCUT2D eigenvalue weighted by Gasteiger charge is 2.53. The van der Waals surface area contributed by atoms with E-state index in [1.165, 1.54) is 28.0 Å². The minimum absolute atomic E-state index is 0.0279. The Bertz CT molecular complexity index is 2400. The van der Waals surface area contributed by atoms with Crippen molar-refractivity contribution in [2.45, 2.75) is 57.2 Å². The summed E-state index contributed by atoms with van der Waals surface area (Å²) in [7, 11) is 1.78. The number of halogens is 2. The molecule has 2 saturated heterocycles. The van der Waals surface area contributed by atoms with E-state index in [4.69, 9.17) is 9.40 Å². The zero-order chi connectivity index (χ0) is 43.1. The van der Waals surface area contributed by atoms with Gasteiger partial charge in [-0.25, -0.2) is 4.98 Å². The van der Waals surface area contributed by atoms with Crippen LogP contribution in [0.1, 0.15) is 59.3 Å². The Morgan fingerprint density at radius 3 is 2.46 bits per heavy atom. The molecule has 2 aromatic carbocycles. The number of pyridine rings is 1. The van der Waals surface area contributed by atoms with E-state index < -0.39 is 11.7 Å². The van der Waals surface area contributed by atoms with Crippen LogP contribution in [0.4, 0.5) is 20.5 Å². The van der Waals surface area contributed by atoms with Gasteiger partial charge >= 0.3 is 6.29 Å². The summed E-state index contributed by atoms with van der Waals surface area (Å²) in [5, 5.41) is 2.91. The molecule has 8 rings (SSSR count). The number of fused-ring (bicyclic) bond motifs is 1. The molecule has 3 aliphatic heterocycles. The number of hydrogen-bond donors (Lipinski definition) is 1. The highest BCUT2D eigenvalue weighted by molar-refractivity contribution is 6.01. The van der Waals surface area contributed by atoms with Gasteiger partial charge < -0.3 is 33.9 Å². The maximum Gasteiger partial charge on any atom is 0.586 e. The second-order valence-corrected chi connectivity index (χ2v) is 16.1. The normalized spacial score (nSPS) is 17.8. The Kier molecular flexibility index (Phi) is 11.1. The van der Waals surface area contributed by atoms with E-state index in [2.05, 4.69) is 21.4 Å². The van der Waals surface area contributed by atoms with Gasteiger partial charge in [0.2, 0.25) is 29.5 Å². The van der Waals surface area contributed by atoms with Gasteiger partial charge in [-0.1, -0.05) is 30.8 Å². The molecule has 0 bridgehead atoms. The molecule has 14 nitrogen and oxygen atoms in total. The van der Waals surface area contributed by atoms with Crippen LogP contribution in [0.25, 0.3) is 11.3 Å². The number of piperazine rings is 1. The Hall–Kier alpha value is -6.58. The lowest BCUT2D eigenvalue weighted by atomic mass is 9.94. The van der Waals surface area contributed by atoms with E-state index >= 15 is 0 Å². The van der Waals surface area contributed by atoms with Crippen molar-refractivity contribution in [2.24, 2.45) is 5.92 Å². The van der Waals surface area contributed by atoms with Crippen molar-refractivity contribution >= 4 is 41.2 Å². The van der Waals surface area contributed by atoms with Gasteiger partial charge in [0.05, 0.1) is 11.1 Å². The largest absolute Gasteiger partial charge is 0.586 e. The first-order valence-corrected chi connectivity index (χ1v) is 20.4. The maximum atomic E-state index is 13.7. The van der Waals surface area contributed by atoms with Crippen LogP contribution in [0.15, 0.2) is 83.8 Å². The van der Waals surface area contributed by atoms with E-state index in [1.807, 2.05) is 30.0 Å². The van der Waals surface area contributed by atoms with Crippen molar-refractivity contribution in [3.05, 3.63) is 102 Å². The standard InChI is InChI=1S/C45H46F2N6O8/c1-4-37(54)52-22-23-53(39(56)27-52)40-15-11-33(59-40)10-14-38(55)50(3)26-29-16-20-51(21-17-29)42(57)31-7-5-6-30(24-31)41-28(2)8-13-36(48-41)49-43(58)44(18-19-44)32-9-12-34-35(25-32)61-45(46,47)60-34/h4-9,11-13,15,24-25,29H,1,10,14,16-23,26-27H2,2-3H3,(H,48,49,58). The number of nitrogens with zero attached hydrogens (tertiary/aromatic N) is 5. The zero-order valence-corrected chi connectivity index (χ0v) is 34.0. The molecule has 0 spiro atoms. The van der Waals surface area contributed by atoms with Gasteiger partial charge in [-0.3, -0.25) is 28.9 Å². The summed E-state index contributed by atoms with van der Waals surface area (Å²) in [6.07, 6.45) is 0.611. The molecule has 4 aliphatic rings. The first-order chi connectivity index (χ1) is 29.2. The van der Waals surface area contributed by atoms with Crippen molar-refractivity contribution in [2.75, 3.05) is 56.5 Å². The highest BCUT2D eigenvalue weighted by atomic mass is 19.3. The average Bonchev–Trinajstić information content (AvgIpc) is 3.83. The fourth-order valence-corrected chi connectivity index (χ4v) is 8.23. The minimum atomic E-state index is -3.75. The number of piperidine rings is 1. The van der Waals surface area contributed by atoms with E-state index in [0.717, 1.165) is 18.4 Å². The Balaban J connectivity index is 0.818. The Morgan fingerprint density at radius 2 is 1.72 bits per heavy atom. The molecule has 0 unspecified atom stereocenters. The van der Waals surface area contributed by atoms with Crippen LogP contribution in [0.3, 0.4) is 0 Å². The molecule has 5 heterocycles. The third-order valence-electron chi connectivity index (χ3n) is 11.9. The van der Waals surface area contributed by atoms with Crippen molar-refractivity contribution < 1.29 is 46.6 Å². The van der Waals surface area contributed by atoms with Crippen LogP contribution in [0.2, 0.25) is 0 Å². The van der Waals surface area contributed by atoms with Crippen LogP contribution in [0, 0.1) is 12.8 Å². The number of rotatable bonds is 12. The number of likely N-dealkylation sites (tertiary alicyclic amines) is 1. The van der Waals surface area contributed by atoms with E-state index in [9.17, 15) is 32.8 Å². The lowest BCUT2D eigenvalue weighted by Crippen LogP contribution is -2.52. The van der Waals surface area contributed by atoms with Crippen LogP contribution < -0.4 is 19.7 Å². The number of alkyl halides is 2. The SMILES string of the molecule is C=CC(=O)N1CCN(c2ccc(CCC(=O)N(C)CC3CCN(C(=O)c4cccc(-c5nc(NC(=O)C6(c7ccc8c(c7)OC(F)(F)O8)CC6)ccc5C)c4)CC3)o2)C(=O)C1. The predicted molar refractivity (Wildman–Crippen MR) is 219 cm³/mol. The molecule has 1 aliphatic carbocycles. The van der Waals surface area contributed by atoms with E-state index in [0.29, 0.717) is 91.8 Å². The summed E-state index contributed by atoms with van der Waals surface area (Å²) in [5.74, 6) is 0.370. The molecule has 4 aromatic rings. The third-order valence-corrected chi connectivity index (χ3v) is 11.9. The first kappa shape index (κ1) is 41.2. The molecular formula is C45H46F2N6O8. The summed E-state index contributed by atoms with van der Waals surface area (Å²) in [6, 6.07) is 18.7. The monoisotopic (exact) mass is 836 g/mol. The van der Waals surface area contributed by atoms with Gasteiger partial charge in [0.25, 0.3) is 5.91 Å². The summed E-state index contributed by atoms with van der Waals surface area (Å²) < 4.78 is 42.3. The van der Waals surface area contributed by atoms with Crippen molar-refractivity contribution in [3.8, 4) is 22.8 Å². The van der Waals surface area contributed by atoms with Crippen LogP contribution in [0.5, 0.6) is 11.5 Å². The number of amides is 5. The van der Waals surface area contributed by atoms with Crippen molar-refractivity contribution in [1.82, 2.24) is 19.7 Å². The molecule has 16 heteroatoms. The summed E-state index contributed by atoms with van der Waals surface area (Å²) in [6.45, 7) is 7.67. The van der Waals surface area contributed by atoms with Gasteiger partial charge in [-0.05, 0) is 92.1 Å². The molecular weight excluding hydrogens is 791 g/mol. The Labute approximate surface area is 351 Å². The zero-order valence-electron chi connectivity index (χ0n) is 34.0. The summed E-state index contributed by atoms with van der Waals surface area (Å²) in [5.41, 5.74) is 2.33. The number of furan rings is 1. The molecule has 1 saturated carbocycles. The number of carbonyl (C=O) groups is 5. The topological polar surface area (TPSA) is 155 Å². The number of anilines is 2. The number of aryl methyl sites for hydroxylation is 2. The quantitative estimate of drug-likeness (QED) is 0.171. The number of aromatic nitrogens is 1. The Morgan fingerprint density at radius 1 is 0.951 bits per heavy atom. The minimum Gasteiger partial charge on any atom is -0.445 e. The molecule has 1 N–H and O–H groups in total. The number of nitrogens with one attached hydrogen (secondary N) is 1. The highest BCUT2D eigenvalue weighted by Crippen LogP contribution is 2.52. The van der Waals surface area contributed by atoms with Crippen LogP contribution in [-0.2, 0) is 31.0 Å². The lowest BCUT2D eigenvalue weighted by molar-refractivity contribution is -0.286. The molecule has 0 atom stereocenters. The van der Waals surface area contributed by atoms with Crippen molar-refractivity contribution in [3.63, 3.8) is 0 Å². The summed E-state index contributed by atoms with van der Waals surface area (Å²) in [4.78, 5) is 76.2. The summed E-state index contributed by atoms with van der Waals surface area (Å²) >= 11 is 0. The molecule has 2 aromatic heterocycles. The second-order valence-electron chi connectivity index (χ2n) is 16.1. The number of carbonyl (C=O) groups excluding carboxylic acids is 5. The molecule has 0 radical (unpaired) electrons. The molecule has 61 heavy (non-hydrogen) atoms. The van der Waals surface area contributed by atoms with Crippen LogP contribution >= 0.6 is 0 Å². The molecule has 5 amide bonds. The number of ether oxygens (including phenoxy) is 2. The van der Waals surface area contributed by atoms with E-state index in [1.54, 1.807) is 48.3 Å². The van der Waals surface area contributed by atoms with Crippen LogP contribution in [-0.4, -0.2) is 102 Å². The average molecular weight is 837 g/mol. The second kappa shape index (κ2) is 16.5. The van der Waals surface area contributed by atoms with Gasteiger partial charge in [-0.15, -0.1) is 8.78 Å². The first-order valence-electron chi connectivity index (χ1n) is 20.4. The van der Waals surface area contributed by atoms with Crippen molar-refractivity contribution in [1.29, 1.82) is 0 Å². The predicted octanol–water partition coefficient (Wildman–Crippen LogP) is 5.95. The molecule has 3 fully saturated rings. The number of benzene rings is 2. The van der Waals surface area contributed by atoms with Gasteiger partial charge in [-0.2, -0.15) is 0 Å².